The van der Waals surface area contributed by atoms with E-state index in [2.05, 4.69) is 17.6 Å². The number of anilines is 1. The van der Waals surface area contributed by atoms with E-state index in [9.17, 15) is 4.39 Å². The fourth-order valence-corrected chi connectivity index (χ4v) is 1.72. The van der Waals surface area contributed by atoms with Crippen molar-refractivity contribution >= 4 is 5.69 Å². The Kier molecular flexibility index (Phi) is 5.77. The molecule has 1 atom stereocenters. The van der Waals surface area contributed by atoms with E-state index >= 15 is 0 Å². The molecular formula is C13H21FN2O. The van der Waals surface area contributed by atoms with Gasteiger partial charge in [-0.05, 0) is 31.6 Å². The van der Waals surface area contributed by atoms with E-state index in [1.807, 2.05) is 7.05 Å². The Hall–Kier alpha value is -1.29. The van der Waals surface area contributed by atoms with E-state index in [4.69, 9.17) is 4.74 Å². The monoisotopic (exact) mass is 240 g/mol. The summed E-state index contributed by atoms with van der Waals surface area (Å²) in [4.78, 5) is 0. The first-order valence-electron chi connectivity index (χ1n) is 5.93. The standard InChI is InChI=1S/C13H21FN2O/c1-4-10(8-15-2)9-16-12-7-11(14)5-6-13(12)17-3/h5-7,10,15-16H,4,8-9H2,1-3H3. The molecule has 1 unspecified atom stereocenters. The summed E-state index contributed by atoms with van der Waals surface area (Å²) >= 11 is 0. The molecule has 3 nitrogen and oxygen atoms in total. The minimum Gasteiger partial charge on any atom is -0.495 e. The first-order chi connectivity index (χ1) is 8.21. The SMILES string of the molecule is CCC(CNC)CNc1cc(F)ccc1OC. The molecule has 0 fully saturated rings. The van der Waals surface area contributed by atoms with Crippen LogP contribution in [0.3, 0.4) is 0 Å². The molecule has 0 bridgehead atoms. The maximum atomic E-state index is 13.1. The van der Waals surface area contributed by atoms with Crippen LogP contribution in [-0.4, -0.2) is 27.2 Å². The van der Waals surface area contributed by atoms with Gasteiger partial charge in [0.25, 0.3) is 0 Å². The summed E-state index contributed by atoms with van der Waals surface area (Å²) in [6.45, 7) is 3.89. The molecule has 2 N–H and O–H groups in total. The minimum atomic E-state index is -0.255. The van der Waals surface area contributed by atoms with Crippen LogP contribution >= 0.6 is 0 Å². The second-order valence-corrected chi connectivity index (χ2v) is 4.06. The Bertz CT molecular complexity index is 344. The van der Waals surface area contributed by atoms with Crippen molar-refractivity contribution in [2.75, 3.05) is 32.6 Å². The lowest BCUT2D eigenvalue weighted by Gasteiger charge is -2.17. The molecule has 0 aliphatic carbocycles. The average Bonchev–Trinajstić information content (AvgIpc) is 2.34. The van der Waals surface area contributed by atoms with Gasteiger partial charge in [-0.3, -0.25) is 0 Å². The second kappa shape index (κ2) is 7.12. The molecule has 4 heteroatoms. The summed E-state index contributed by atoms with van der Waals surface area (Å²) in [5.41, 5.74) is 0.710. The second-order valence-electron chi connectivity index (χ2n) is 4.06. The van der Waals surface area contributed by atoms with Crippen LogP contribution in [0.25, 0.3) is 0 Å². The lowest BCUT2D eigenvalue weighted by molar-refractivity contribution is 0.414. The largest absolute Gasteiger partial charge is 0.495 e. The van der Waals surface area contributed by atoms with Gasteiger partial charge in [-0.2, -0.15) is 0 Å². The molecule has 17 heavy (non-hydrogen) atoms. The molecule has 1 rings (SSSR count). The van der Waals surface area contributed by atoms with E-state index in [0.717, 1.165) is 19.5 Å². The number of halogens is 1. The lowest BCUT2D eigenvalue weighted by atomic mass is 10.1. The molecule has 0 saturated carbocycles. The molecule has 0 aliphatic rings. The van der Waals surface area contributed by atoms with Crippen molar-refractivity contribution in [3.8, 4) is 5.75 Å². The van der Waals surface area contributed by atoms with E-state index in [1.54, 1.807) is 13.2 Å². The molecule has 96 valence electrons. The Morgan fingerprint density at radius 3 is 2.71 bits per heavy atom. The molecule has 0 aromatic heterocycles. The zero-order valence-corrected chi connectivity index (χ0v) is 10.7. The van der Waals surface area contributed by atoms with Crippen molar-refractivity contribution in [3.05, 3.63) is 24.0 Å². The highest BCUT2D eigenvalue weighted by molar-refractivity contribution is 5.56. The molecular weight excluding hydrogens is 219 g/mol. The topological polar surface area (TPSA) is 33.3 Å². The molecule has 0 radical (unpaired) electrons. The summed E-state index contributed by atoms with van der Waals surface area (Å²) in [7, 11) is 3.52. The van der Waals surface area contributed by atoms with Gasteiger partial charge in [-0.15, -0.1) is 0 Å². The zero-order valence-electron chi connectivity index (χ0n) is 10.7. The number of methoxy groups -OCH3 is 1. The van der Waals surface area contributed by atoms with Crippen LogP contribution in [0.5, 0.6) is 5.75 Å². The highest BCUT2D eigenvalue weighted by atomic mass is 19.1. The minimum absolute atomic E-state index is 0.255. The van der Waals surface area contributed by atoms with Crippen molar-refractivity contribution in [1.29, 1.82) is 0 Å². The van der Waals surface area contributed by atoms with Crippen molar-refractivity contribution in [3.63, 3.8) is 0 Å². The molecule has 0 amide bonds. The predicted octanol–water partition coefficient (Wildman–Crippen LogP) is 2.49. The number of rotatable bonds is 7. The predicted molar refractivity (Wildman–Crippen MR) is 69.1 cm³/mol. The Morgan fingerprint density at radius 2 is 2.12 bits per heavy atom. The molecule has 0 aliphatic heterocycles. The van der Waals surface area contributed by atoms with Crippen LogP contribution in [0.2, 0.25) is 0 Å². The average molecular weight is 240 g/mol. The summed E-state index contributed by atoms with van der Waals surface area (Å²) < 4.78 is 18.3. The number of hydrogen-bond acceptors (Lipinski definition) is 3. The first-order valence-corrected chi connectivity index (χ1v) is 5.93. The van der Waals surface area contributed by atoms with E-state index < -0.39 is 0 Å². The Labute approximate surface area is 102 Å². The van der Waals surface area contributed by atoms with Crippen molar-refractivity contribution in [2.45, 2.75) is 13.3 Å². The van der Waals surface area contributed by atoms with Crippen LogP contribution in [0.1, 0.15) is 13.3 Å². The van der Waals surface area contributed by atoms with E-state index in [-0.39, 0.29) is 5.82 Å². The number of nitrogens with one attached hydrogen (secondary N) is 2. The summed E-state index contributed by atoms with van der Waals surface area (Å²) in [6, 6.07) is 4.50. The normalized spacial score (nSPS) is 12.2. The van der Waals surface area contributed by atoms with Crippen LogP contribution in [0.4, 0.5) is 10.1 Å². The van der Waals surface area contributed by atoms with Gasteiger partial charge in [-0.25, -0.2) is 4.39 Å². The quantitative estimate of drug-likeness (QED) is 0.768. The smallest absolute Gasteiger partial charge is 0.142 e. The molecule has 1 aromatic rings. The van der Waals surface area contributed by atoms with E-state index in [0.29, 0.717) is 17.4 Å². The van der Waals surface area contributed by atoms with Gasteiger partial charge < -0.3 is 15.4 Å². The van der Waals surface area contributed by atoms with Gasteiger partial charge in [0.05, 0.1) is 12.8 Å². The van der Waals surface area contributed by atoms with Crippen molar-refractivity contribution in [1.82, 2.24) is 5.32 Å². The van der Waals surface area contributed by atoms with Gasteiger partial charge >= 0.3 is 0 Å². The van der Waals surface area contributed by atoms with Crippen molar-refractivity contribution in [2.24, 2.45) is 5.92 Å². The number of ether oxygens (including phenoxy) is 1. The van der Waals surface area contributed by atoms with E-state index in [1.165, 1.54) is 12.1 Å². The van der Waals surface area contributed by atoms with Gasteiger partial charge in [0, 0.05) is 12.6 Å². The third-order valence-corrected chi connectivity index (χ3v) is 2.81. The number of hydrogen-bond donors (Lipinski definition) is 2. The summed E-state index contributed by atoms with van der Waals surface area (Å²) in [5.74, 6) is 0.939. The zero-order chi connectivity index (χ0) is 12.7. The Morgan fingerprint density at radius 1 is 1.35 bits per heavy atom. The van der Waals surface area contributed by atoms with Crippen LogP contribution in [0, 0.1) is 11.7 Å². The fraction of sp³-hybridized carbons (Fsp3) is 0.538. The van der Waals surface area contributed by atoms with Crippen LogP contribution in [0.15, 0.2) is 18.2 Å². The van der Waals surface area contributed by atoms with Gasteiger partial charge in [0.1, 0.15) is 11.6 Å². The first kappa shape index (κ1) is 13.8. The lowest BCUT2D eigenvalue weighted by Crippen LogP contribution is -2.24. The third kappa shape index (κ3) is 4.23. The number of benzene rings is 1. The fourth-order valence-electron chi connectivity index (χ4n) is 1.72. The van der Waals surface area contributed by atoms with Gasteiger partial charge in [0.2, 0.25) is 0 Å². The molecule has 0 spiro atoms. The highest BCUT2D eigenvalue weighted by Gasteiger charge is 2.08. The molecule has 0 heterocycles. The van der Waals surface area contributed by atoms with Crippen LogP contribution in [-0.2, 0) is 0 Å². The third-order valence-electron chi connectivity index (χ3n) is 2.81. The highest BCUT2D eigenvalue weighted by Crippen LogP contribution is 2.25. The van der Waals surface area contributed by atoms with Gasteiger partial charge in [0.15, 0.2) is 0 Å². The summed E-state index contributed by atoms with van der Waals surface area (Å²) in [6.07, 6.45) is 1.07. The Balaban J connectivity index is 2.63. The van der Waals surface area contributed by atoms with Crippen molar-refractivity contribution < 1.29 is 9.13 Å². The van der Waals surface area contributed by atoms with Crippen LogP contribution < -0.4 is 15.4 Å². The summed E-state index contributed by atoms with van der Waals surface area (Å²) in [5, 5.41) is 6.39. The molecule has 0 saturated heterocycles. The van der Waals surface area contributed by atoms with Gasteiger partial charge in [-0.1, -0.05) is 13.3 Å². The maximum absolute atomic E-state index is 13.1. The maximum Gasteiger partial charge on any atom is 0.142 e. The molecule has 1 aromatic carbocycles.